The number of pyridine rings is 1. The van der Waals surface area contributed by atoms with E-state index in [9.17, 15) is 9.59 Å². The summed E-state index contributed by atoms with van der Waals surface area (Å²) in [5.41, 5.74) is 1.23. The van der Waals surface area contributed by atoms with Gasteiger partial charge in [0.2, 0.25) is 0 Å². The number of carbonyl (C=O) groups excluding carboxylic acids is 2. The molecule has 2 N–H and O–H groups in total. The molecule has 0 aliphatic heterocycles. The fourth-order valence-electron chi connectivity index (χ4n) is 2.29. The van der Waals surface area contributed by atoms with Crippen molar-refractivity contribution in [2.45, 2.75) is 6.54 Å². The SMILES string of the molecule is O=C(NCc1ccco1)/C(=C/c1cccnc1)NC(=O)c1cccc(Br)c1. The summed E-state index contributed by atoms with van der Waals surface area (Å²) in [6.45, 7) is 0.211. The monoisotopic (exact) mass is 425 g/mol. The van der Waals surface area contributed by atoms with Crippen LogP contribution in [0.1, 0.15) is 21.7 Å². The van der Waals surface area contributed by atoms with Gasteiger partial charge in [-0.3, -0.25) is 14.6 Å². The third-order valence-corrected chi connectivity index (χ3v) is 4.07. The number of amides is 2. The number of halogens is 1. The number of nitrogens with one attached hydrogen (secondary N) is 2. The van der Waals surface area contributed by atoms with Gasteiger partial charge in [0.15, 0.2) is 0 Å². The topological polar surface area (TPSA) is 84.2 Å². The van der Waals surface area contributed by atoms with E-state index in [1.807, 2.05) is 6.07 Å². The molecule has 0 saturated carbocycles. The zero-order chi connectivity index (χ0) is 19.1. The van der Waals surface area contributed by atoms with Crippen LogP contribution in [0.25, 0.3) is 6.08 Å². The van der Waals surface area contributed by atoms with Gasteiger partial charge in [-0.15, -0.1) is 0 Å². The summed E-state index contributed by atoms with van der Waals surface area (Å²) in [6.07, 6.45) is 6.34. The summed E-state index contributed by atoms with van der Waals surface area (Å²) in [5, 5.41) is 5.40. The van der Waals surface area contributed by atoms with Gasteiger partial charge in [-0.2, -0.15) is 0 Å². The second kappa shape index (κ2) is 8.95. The molecule has 0 atom stereocenters. The Hall–Kier alpha value is -3.19. The number of benzene rings is 1. The second-order valence-electron chi connectivity index (χ2n) is 5.57. The molecule has 3 rings (SSSR count). The van der Waals surface area contributed by atoms with Gasteiger partial charge in [-0.25, -0.2) is 0 Å². The van der Waals surface area contributed by atoms with Gasteiger partial charge in [0.25, 0.3) is 11.8 Å². The zero-order valence-electron chi connectivity index (χ0n) is 14.2. The van der Waals surface area contributed by atoms with E-state index in [1.54, 1.807) is 60.9 Å². The number of hydrogen-bond donors (Lipinski definition) is 2. The Morgan fingerprint density at radius 2 is 2.04 bits per heavy atom. The Morgan fingerprint density at radius 1 is 1.15 bits per heavy atom. The molecule has 27 heavy (non-hydrogen) atoms. The molecule has 2 heterocycles. The predicted molar refractivity (Wildman–Crippen MR) is 104 cm³/mol. The molecule has 0 aliphatic rings. The zero-order valence-corrected chi connectivity index (χ0v) is 15.8. The van der Waals surface area contributed by atoms with E-state index in [2.05, 4.69) is 31.5 Å². The van der Waals surface area contributed by atoms with Crippen LogP contribution >= 0.6 is 15.9 Å². The van der Waals surface area contributed by atoms with Crippen molar-refractivity contribution in [3.63, 3.8) is 0 Å². The van der Waals surface area contributed by atoms with Gasteiger partial charge in [-0.1, -0.05) is 28.1 Å². The lowest BCUT2D eigenvalue weighted by Crippen LogP contribution is -2.34. The van der Waals surface area contributed by atoms with Gasteiger partial charge < -0.3 is 15.1 Å². The highest BCUT2D eigenvalue weighted by Crippen LogP contribution is 2.12. The largest absolute Gasteiger partial charge is 0.467 e. The standard InChI is InChI=1S/C20H16BrN3O3/c21-16-6-1-5-15(11-16)19(25)24-18(10-14-4-2-8-22-12-14)20(26)23-13-17-7-3-9-27-17/h1-12H,13H2,(H,23,26)(H,24,25)/b18-10-. The van der Waals surface area contributed by atoms with Crippen LogP contribution in [0.3, 0.4) is 0 Å². The Kier molecular flexibility index (Phi) is 6.17. The molecule has 0 fully saturated rings. The molecule has 1 aromatic carbocycles. The fraction of sp³-hybridized carbons (Fsp3) is 0.0500. The molecular formula is C20H16BrN3O3. The molecule has 0 spiro atoms. The normalized spacial score (nSPS) is 11.1. The minimum atomic E-state index is -0.432. The maximum Gasteiger partial charge on any atom is 0.268 e. The summed E-state index contributed by atoms with van der Waals surface area (Å²) in [7, 11) is 0. The lowest BCUT2D eigenvalue weighted by atomic mass is 10.2. The summed E-state index contributed by atoms with van der Waals surface area (Å²) in [6, 6.07) is 14.0. The Morgan fingerprint density at radius 3 is 2.74 bits per heavy atom. The van der Waals surface area contributed by atoms with Crippen molar-refractivity contribution >= 4 is 33.8 Å². The first-order valence-corrected chi connectivity index (χ1v) is 8.90. The summed E-state index contributed by atoms with van der Waals surface area (Å²) in [5.74, 6) is -0.208. The highest BCUT2D eigenvalue weighted by Gasteiger charge is 2.15. The number of aromatic nitrogens is 1. The predicted octanol–water partition coefficient (Wildman–Crippen LogP) is 3.52. The van der Waals surface area contributed by atoms with Gasteiger partial charge >= 0.3 is 0 Å². The van der Waals surface area contributed by atoms with Crippen molar-refractivity contribution in [3.05, 3.63) is 94.2 Å². The van der Waals surface area contributed by atoms with Gasteiger partial charge in [0, 0.05) is 22.4 Å². The van der Waals surface area contributed by atoms with E-state index >= 15 is 0 Å². The first-order valence-electron chi connectivity index (χ1n) is 8.11. The van der Waals surface area contributed by atoms with Gasteiger partial charge in [-0.05, 0) is 48.0 Å². The lowest BCUT2D eigenvalue weighted by molar-refractivity contribution is -0.118. The molecule has 0 radical (unpaired) electrons. The molecule has 7 heteroatoms. The number of nitrogens with zero attached hydrogens (tertiary/aromatic N) is 1. The smallest absolute Gasteiger partial charge is 0.268 e. The first kappa shape index (κ1) is 18.6. The minimum absolute atomic E-state index is 0.111. The third kappa shape index (κ3) is 5.39. The minimum Gasteiger partial charge on any atom is -0.467 e. The molecule has 3 aromatic rings. The van der Waals surface area contributed by atoms with Crippen molar-refractivity contribution < 1.29 is 14.0 Å². The number of hydrogen-bond acceptors (Lipinski definition) is 4. The number of furan rings is 1. The average molecular weight is 426 g/mol. The van der Waals surface area contributed by atoms with Crippen LogP contribution in [0.4, 0.5) is 0 Å². The molecule has 2 aromatic heterocycles. The third-order valence-electron chi connectivity index (χ3n) is 3.58. The summed E-state index contributed by atoms with van der Waals surface area (Å²) < 4.78 is 5.98. The van der Waals surface area contributed by atoms with E-state index in [0.29, 0.717) is 16.9 Å². The van der Waals surface area contributed by atoms with Crippen molar-refractivity contribution in [3.8, 4) is 0 Å². The van der Waals surface area contributed by atoms with E-state index in [4.69, 9.17) is 4.42 Å². The quantitative estimate of drug-likeness (QED) is 0.591. The van der Waals surface area contributed by atoms with Crippen molar-refractivity contribution in [2.24, 2.45) is 0 Å². The van der Waals surface area contributed by atoms with E-state index in [0.717, 1.165) is 4.47 Å². The first-order chi connectivity index (χ1) is 13.1. The van der Waals surface area contributed by atoms with Crippen molar-refractivity contribution in [1.82, 2.24) is 15.6 Å². The van der Waals surface area contributed by atoms with Crippen LogP contribution in [-0.2, 0) is 11.3 Å². The van der Waals surface area contributed by atoms with Crippen LogP contribution in [0.5, 0.6) is 0 Å². The molecule has 0 aliphatic carbocycles. The molecule has 0 bridgehead atoms. The number of carbonyl (C=O) groups is 2. The fourth-order valence-corrected chi connectivity index (χ4v) is 2.69. The summed E-state index contributed by atoms with van der Waals surface area (Å²) >= 11 is 3.33. The molecule has 136 valence electrons. The van der Waals surface area contributed by atoms with Crippen LogP contribution in [0.2, 0.25) is 0 Å². The Bertz CT molecular complexity index is 954. The van der Waals surface area contributed by atoms with E-state index in [-0.39, 0.29) is 18.1 Å². The number of rotatable bonds is 6. The highest BCUT2D eigenvalue weighted by molar-refractivity contribution is 9.10. The maximum absolute atomic E-state index is 12.6. The van der Waals surface area contributed by atoms with Crippen LogP contribution in [-0.4, -0.2) is 16.8 Å². The van der Waals surface area contributed by atoms with Gasteiger partial charge in [0.05, 0.1) is 12.8 Å². The van der Waals surface area contributed by atoms with Crippen LogP contribution < -0.4 is 10.6 Å². The molecular weight excluding hydrogens is 410 g/mol. The maximum atomic E-state index is 12.6. The van der Waals surface area contributed by atoms with Crippen molar-refractivity contribution in [2.75, 3.05) is 0 Å². The van der Waals surface area contributed by atoms with E-state index < -0.39 is 5.91 Å². The van der Waals surface area contributed by atoms with Crippen LogP contribution in [0.15, 0.2) is 81.8 Å². The average Bonchev–Trinajstić information content (AvgIpc) is 3.20. The Labute approximate surface area is 164 Å². The van der Waals surface area contributed by atoms with Crippen LogP contribution in [0, 0.1) is 0 Å². The van der Waals surface area contributed by atoms with Gasteiger partial charge in [0.1, 0.15) is 11.5 Å². The molecule has 0 saturated heterocycles. The molecule has 0 unspecified atom stereocenters. The summed E-state index contributed by atoms with van der Waals surface area (Å²) in [4.78, 5) is 29.2. The lowest BCUT2D eigenvalue weighted by Gasteiger charge is -2.11. The highest BCUT2D eigenvalue weighted by atomic mass is 79.9. The van der Waals surface area contributed by atoms with Crippen molar-refractivity contribution in [1.29, 1.82) is 0 Å². The Balaban J connectivity index is 1.79. The second-order valence-corrected chi connectivity index (χ2v) is 6.49. The molecule has 2 amide bonds. The molecule has 6 nitrogen and oxygen atoms in total. The van der Waals surface area contributed by atoms with E-state index in [1.165, 1.54) is 6.26 Å².